The van der Waals surface area contributed by atoms with Crippen molar-refractivity contribution >= 4 is 6.09 Å². The van der Waals surface area contributed by atoms with E-state index in [-0.39, 0.29) is 11.5 Å². The number of likely N-dealkylation sites (tertiary alicyclic amines) is 1. The molecule has 1 aromatic carbocycles. The third-order valence-electron chi connectivity index (χ3n) is 5.35. The lowest BCUT2D eigenvalue weighted by Gasteiger charge is -2.33. The Kier molecular flexibility index (Phi) is 5.41. The highest BCUT2D eigenvalue weighted by Gasteiger charge is 2.49. The number of rotatable bonds is 6. The van der Waals surface area contributed by atoms with Gasteiger partial charge in [0.2, 0.25) is 0 Å². The Morgan fingerprint density at radius 1 is 1.33 bits per heavy atom. The first-order valence-corrected chi connectivity index (χ1v) is 9.03. The van der Waals surface area contributed by atoms with E-state index in [0.717, 1.165) is 50.9 Å². The first-order valence-electron chi connectivity index (χ1n) is 9.03. The Hall–Kier alpha value is -1.59. The fourth-order valence-corrected chi connectivity index (χ4v) is 3.52. The first-order chi connectivity index (χ1) is 11.6. The number of nitrogens with one attached hydrogen (secondary N) is 1. The smallest absolute Gasteiger partial charge is 0.409 e. The van der Waals surface area contributed by atoms with Crippen LogP contribution in [0.4, 0.5) is 4.79 Å². The maximum atomic E-state index is 11.7. The monoisotopic (exact) mass is 332 g/mol. The van der Waals surface area contributed by atoms with E-state index < -0.39 is 6.10 Å². The number of benzene rings is 1. The molecule has 2 aliphatic rings. The van der Waals surface area contributed by atoms with Gasteiger partial charge in [-0.25, -0.2) is 4.79 Å². The molecule has 3 rings (SSSR count). The Bertz CT molecular complexity index is 537. The van der Waals surface area contributed by atoms with Crippen molar-refractivity contribution in [1.29, 1.82) is 0 Å². The van der Waals surface area contributed by atoms with Gasteiger partial charge in [-0.2, -0.15) is 0 Å². The second kappa shape index (κ2) is 7.53. The number of piperidine rings is 1. The van der Waals surface area contributed by atoms with Crippen LogP contribution in [-0.4, -0.2) is 48.4 Å². The zero-order valence-electron chi connectivity index (χ0n) is 14.4. The van der Waals surface area contributed by atoms with Gasteiger partial charge in [0.1, 0.15) is 0 Å². The lowest BCUT2D eigenvalue weighted by Crippen LogP contribution is -2.46. The normalized spacial score (nSPS) is 21.3. The van der Waals surface area contributed by atoms with Crippen molar-refractivity contribution in [2.75, 3.05) is 26.2 Å². The average molecular weight is 332 g/mol. The molecule has 2 fully saturated rings. The van der Waals surface area contributed by atoms with Crippen molar-refractivity contribution in [3.63, 3.8) is 0 Å². The van der Waals surface area contributed by atoms with E-state index in [9.17, 15) is 9.90 Å². The standard InChI is InChI=1S/C19H28N2O3/c1-2-24-18(23)21-12-8-16(9-13-21)20-14-19(10-11-19)17(22)15-6-4-3-5-7-15/h3-7,16-17,20,22H,2,8-14H2,1H3. The van der Waals surface area contributed by atoms with E-state index in [1.165, 1.54) is 0 Å². The van der Waals surface area contributed by atoms with Crippen LogP contribution >= 0.6 is 0 Å². The van der Waals surface area contributed by atoms with E-state index in [2.05, 4.69) is 5.32 Å². The number of carbonyl (C=O) groups is 1. The maximum absolute atomic E-state index is 11.7. The van der Waals surface area contributed by atoms with Gasteiger partial charge in [-0.1, -0.05) is 30.3 Å². The third kappa shape index (κ3) is 3.90. The number of ether oxygens (including phenoxy) is 1. The van der Waals surface area contributed by atoms with Crippen molar-refractivity contribution < 1.29 is 14.6 Å². The predicted octanol–water partition coefficient (Wildman–Crippen LogP) is 2.71. The highest BCUT2D eigenvalue weighted by Crippen LogP contribution is 2.54. The quantitative estimate of drug-likeness (QED) is 0.841. The van der Waals surface area contributed by atoms with E-state index in [1.54, 1.807) is 4.90 Å². The summed E-state index contributed by atoms with van der Waals surface area (Å²) in [6.07, 6.45) is 3.42. The Labute approximate surface area is 144 Å². The molecule has 1 atom stereocenters. The molecule has 0 aromatic heterocycles. The van der Waals surface area contributed by atoms with E-state index in [0.29, 0.717) is 12.6 Å². The highest BCUT2D eigenvalue weighted by atomic mass is 16.6. The minimum Gasteiger partial charge on any atom is -0.450 e. The molecule has 1 aliphatic heterocycles. The topological polar surface area (TPSA) is 61.8 Å². The number of nitrogens with zero attached hydrogens (tertiary/aromatic N) is 1. The van der Waals surface area contributed by atoms with Gasteiger partial charge in [0.05, 0.1) is 12.7 Å². The predicted molar refractivity (Wildman–Crippen MR) is 92.7 cm³/mol. The molecule has 24 heavy (non-hydrogen) atoms. The van der Waals surface area contributed by atoms with Gasteiger partial charge in [0.25, 0.3) is 0 Å². The van der Waals surface area contributed by atoms with Gasteiger partial charge in [-0.15, -0.1) is 0 Å². The van der Waals surface area contributed by atoms with Gasteiger partial charge >= 0.3 is 6.09 Å². The average Bonchev–Trinajstić information content (AvgIpc) is 3.42. The van der Waals surface area contributed by atoms with Crippen LogP contribution in [0.3, 0.4) is 0 Å². The Morgan fingerprint density at radius 2 is 2.00 bits per heavy atom. The van der Waals surface area contributed by atoms with Crippen LogP contribution in [0.2, 0.25) is 0 Å². The minimum atomic E-state index is -0.397. The number of aliphatic hydroxyl groups is 1. The molecule has 0 spiro atoms. The molecule has 0 radical (unpaired) electrons. The molecular weight excluding hydrogens is 304 g/mol. The van der Waals surface area contributed by atoms with Crippen LogP contribution in [0.5, 0.6) is 0 Å². The van der Waals surface area contributed by atoms with Crippen molar-refractivity contribution in [2.24, 2.45) is 5.41 Å². The van der Waals surface area contributed by atoms with Crippen molar-refractivity contribution in [3.8, 4) is 0 Å². The largest absolute Gasteiger partial charge is 0.450 e. The van der Waals surface area contributed by atoms with Crippen LogP contribution in [0, 0.1) is 5.41 Å². The van der Waals surface area contributed by atoms with Gasteiger partial charge in [-0.05, 0) is 38.2 Å². The molecule has 1 amide bonds. The molecule has 5 heteroatoms. The van der Waals surface area contributed by atoms with Crippen LogP contribution in [0.1, 0.15) is 44.3 Å². The Balaban J connectivity index is 1.46. The second-order valence-corrected chi connectivity index (χ2v) is 7.02. The molecule has 2 N–H and O–H groups in total. The lowest BCUT2D eigenvalue weighted by atomic mass is 9.92. The van der Waals surface area contributed by atoms with E-state index in [4.69, 9.17) is 4.74 Å². The van der Waals surface area contributed by atoms with Gasteiger partial charge in [0.15, 0.2) is 0 Å². The molecule has 1 saturated heterocycles. The third-order valence-corrected chi connectivity index (χ3v) is 5.35. The number of amides is 1. The summed E-state index contributed by atoms with van der Waals surface area (Å²) in [5.41, 5.74) is 0.994. The van der Waals surface area contributed by atoms with Crippen molar-refractivity contribution in [3.05, 3.63) is 35.9 Å². The van der Waals surface area contributed by atoms with Crippen LogP contribution < -0.4 is 5.32 Å². The highest BCUT2D eigenvalue weighted by molar-refractivity contribution is 5.67. The summed E-state index contributed by atoms with van der Waals surface area (Å²) in [6.45, 7) is 4.58. The van der Waals surface area contributed by atoms with E-state index >= 15 is 0 Å². The van der Waals surface area contributed by atoms with Gasteiger partial charge < -0.3 is 20.1 Å². The number of aliphatic hydroxyl groups excluding tert-OH is 1. The molecule has 1 aromatic rings. The number of carbonyl (C=O) groups excluding carboxylic acids is 1. The van der Waals surface area contributed by atoms with Crippen molar-refractivity contribution in [1.82, 2.24) is 10.2 Å². The fourth-order valence-electron chi connectivity index (χ4n) is 3.52. The first kappa shape index (κ1) is 17.2. The molecule has 1 unspecified atom stereocenters. The maximum Gasteiger partial charge on any atom is 0.409 e. The summed E-state index contributed by atoms with van der Waals surface area (Å²) in [7, 11) is 0. The minimum absolute atomic E-state index is 0.0143. The van der Waals surface area contributed by atoms with E-state index in [1.807, 2.05) is 37.3 Å². The van der Waals surface area contributed by atoms with Crippen LogP contribution in [0.25, 0.3) is 0 Å². The molecular formula is C19H28N2O3. The van der Waals surface area contributed by atoms with Crippen LogP contribution in [0.15, 0.2) is 30.3 Å². The second-order valence-electron chi connectivity index (χ2n) is 7.02. The number of hydrogen-bond acceptors (Lipinski definition) is 4. The summed E-state index contributed by atoms with van der Waals surface area (Å²) in [4.78, 5) is 13.5. The summed E-state index contributed by atoms with van der Waals surface area (Å²) in [5.74, 6) is 0. The van der Waals surface area contributed by atoms with Gasteiger partial charge in [0, 0.05) is 31.1 Å². The van der Waals surface area contributed by atoms with Crippen LogP contribution in [-0.2, 0) is 4.74 Å². The summed E-state index contributed by atoms with van der Waals surface area (Å²) in [6, 6.07) is 10.4. The molecule has 1 aliphatic carbocycles. The van der Waals surface area contributed by atoms with Gasteiger partial charge in [-0.3, -0.25) is 0 Å². The lowest BCUT2D eigenvalue weighted by molar-refractivity contribution is 0.0815. The zero-order chi connectivity index (χ0) is 17.0. The number of hydrogen-bond donors (Lipinski definition) is 2. The Morgan fingerprint density at radius 3 is 2.58 bits per heavy atom. The van der Waals surface area contributed by atoms with Crippen molar-refractivity contribution in [2.45, 2.75) is 44.8 Å². The molecule has 1 heterocycles. The molecule has 0 bridgehead atoms. The molecule has 1 saturated carbocycles. The SMILES string of the molecule is CCOC(=O)N1CCC(NCC2(C(O)c3ccccc3)CC2)CC1. The molecule has 132 valence electrons. The molecule has 5 nitrogen and oxygen atoms in total. The fraction of sp³-hybridized carbons (Fsp3) is 0.632. The zero-order valence-corrected chi connectivity index (χ0v) is 14.4. The summed E-state index contributed by atoms with van der Waals surface area (Å²) < 4.78 is 5.05. The summed E-state index contributed by atoms with van der Waals surface area (Å²) in [5, 5.41) is 14.3. The summed E-state index contributed by atoms with van der Waals surface area (Å²) >= 11 is 0.